The minimum Gasteiger partial charge on any atom is -0.455 e. The lowest BCUT2D eigenvalue weighted by Crippen LogP contribution is -2.16. The van der Waals surface area contributed by atoms with Crippen LogP contribution in [0.5, 0.6) is 0 Å². The normalized spacial score (nSPS) is 12.9. The van der Waals surface area contributed by atoms with Crippen molar-refractivity contribution in [1.82, 2.24) is 0 Å². The molecule has 2 nitrogen and oxygen atoms in total. The molecule has 0 radical (unpaired) electrons. The van der Waals surface area contributed by atoms with Gasteiger partial charge < -0.3 is 9.32 Å². The van der Waals surface area contributed by atoms with Gasteiger partial charge in [-0.05, 0) is 109 Å². The summed E-state index contributed by atoms with van der Waals surface area (Å²) >= 11 is 0. The number of furan rings is 1. The Labute approximate surface area is 332 Å². The van der Waals surface area contributed by atoms with E-state index in [1.165, 1.54) is 55.3 Å². The Morgan fingerprint density at radius 3 is 1.68 bits per heavy atom. The molecule has 10 aromatic rings. The van der Waals surface area contributed by atoms with Crippen LogP contribution in [-0.4, -0.2) is 0 Å². The van der Waals surface area contributed by atoms with Crippen LogP contribution in [0.3, 0.4) is 0 Å². The van der Waals surface area contributed by atoms with Crippen molar-refractivity contribution in [3.05, 3.63) is 211 Å². The van der Waals surface area contributed by atoms with E-state index in [1.807, 2.05) is 12.1 Å². The minimum atomic E-state index is -0.176. The van der Waals surface area contributed by atoms with Crippen LogP contribution in [0, 0.1) is 0 Å². The van der Waals surface area contributed by atoms with Gasteiger partial charge in [-0.1, -0.05) is 166 Å². The molecule has 0 unspecified atom stereocenters. The first kappa shape index (κ1) is 33.2. The number of nitrogens with zero attached hydrogens (tertiary/aromatic N) is 1. The van der Waals surface area contributed by atoms with Crippen molar-refractivity contribution < 1.29 is 4.42 Å². The van der Waals surface area contributed by atoms with E-state index in [0.717, 1.165) is 50.1 Å². The Morgan fingerprint density at radius 2 is 0.912 bits per heavy atom. The van der Waals surface area contributed by atoms with E-state index in [1.54, 1.807) is 0 Å². The molecule has 1 aliphatic carbocycles. The van der Waals surface area contributed by atoms with Crippen molar-refractivity contribution >= 4 is 49.8 Å². The summed E-state index contributed by atoms with van der Waals surface area (Å²) in [5.41, 5.74) is 17.4. The number of fused-ring (bicyclic) bond motifs is 7. The van der Waals surface area contributed by atoms with Crippen LogP contribution in [0.2, 0.25) is 0 Å². The molecule has 0 bridgehead atoms. The zero-order chi connectivity index (χ0) is 38.1. The van der Waals surface area contributed by atoms with Crippen molar-refractivity contribution in [3.8, 4) is 44.5 Å². The molecule has 0 fully saturated rings. The number of para-hydroxylation sites is 2. The van der Waals surface area contributed by atoms with Crippen LogP contribution in [0.1, 0.15) is 25.0 Å². The number of anilines is 3. The SMILES string of the molecule is CC1(C)c2cc(-c3ccccc3)ccc2-c2ccc(N(c3ccc(-c4cccc5ccccc45)cc3)c3ccc(-c4cccc5c4oc4ccccc45)cc3)cc21. The molecule has 0 N–H and O–H groups in total. The van der Waals surface area contributed by atoms with Gasteiger partial charge in [0, 0.05) is 38.8 Å². The van der Waals surface area contributed by atoms with Gasteiger partial charge in [0.25, 0.3) is 0 Å². The molecule has 57 heavy (non-hydrogen) atoms. The lowest BCUT2D eigenvalue weighted by Gasteiger charge is -2.28. The van der Waals surface area contributed by atoms with Crippen molar-refractivity contribution in [1.29, 1.82) is 0 Å². The summed E-state index contributed by atoms with van der Waals surface area (Å²) in [6.07, 6.45) is 0. The van der Waals surface area contributed by atoms with Gasteiger partial charge in [-0.15, -0.1) is 0 Å². The van der Waals surface area contributed by atoms with E-state index in [-0.39, 0.29) is 5.41 Å². The first-order valence-corrected chi connectivity index (χ1v) is 19.8. The molecular weight excluding hydrogens is 691 g/mol. The van der Waals surface area contributed by atoms with Crippen LogP contribution in [0.15, 0.2) is 205 Å². The maximum Gasteiger partial charge on any atom is 0.143 e. The van der Waals surface area contributed by atoms with Crippen LogP contribution in [-0.2, 0) is 5.41 Å². The number of benzene rings is 9. The Morgan fingerprint density at radius 1 is 0.368 bits per heavy atom. The van der Waals surface area contributed by atoms with Gasteiger partial charge in [-0.3, -0.25) is 0 Å². The van der Waals surface area contributed by atoms with Crippen LogP contribution in [0.25, 0.3) is 77.2 Å². The summed E-state index contributed by atoms with van der Waals surface area (Å²) in [4.78, 5) is 2.40. The van der Waals surface area contributed by atoms with Crippen molar-refractivity contribution in [2.24, 2.45) is 0 Å². The maximum absolute atomic E-state index is 6.44. The second kappa shape index (κ2) is 13.0. The highest BCUT2D eigenvalue weighted by atomic mass is 16.3. The third kappa shape index (κ3) is 5.40. The highest BCUT2D eigenvalue weighted by Gasteiger charge is 2.36. The zero-order valence-electron chi connectivity index (χ0n) is 31.9. The minimum absolute atomic E-state index is 0.176. The van der Waals surface area contributed by atoms with Crippen LogP contribution >= 0.6 is 0 Å². The first-order valence-electron chi connectivity index (χ1n) is 19.8. The molecule has 1 heterocycles. The summed E-state index contributed by atoms with van der Waals surface area (Å²) in [6, 6.07) is 72.6. The van der Waals surface area contributed by atoms with E-state index in [4.69, 9.17) is 4.42 Å². The second-order valence-electron chi connectivity index (χ2n) is 15.7. The summed E-state index contributed by atoms with van der Waals surface area (Å²) in [5, 5.41) is 4.78. The van der Waals surface area contributed by atoms with Gasteiger partial charge >= 0.3 is 0 Å². The van der Waals surface area contributed by atoms with E-state index in [0.29, 0.717) is 0 Å². The molecular formula is C55H39NO. The topological polar surface area (TPSA) is 16.4 Å². The zero-order valence-corrected chi connectivity index (χ0v) is 31.9. The molecule has 0 saturated heterocycles. The molecule has 0 spiro atoms. The highest BCUT2D eigenvalue weighted by Crippen LogP contribution is 2.52. The third-order valence-corrected chi connectivity index (χ3v) is 12.1. The molecule has 0 amide bonds. The predicted octanol–water partition coefficient (Wildman–Crippen LogP) is 15.5. The van der Waals surface area contributed by atoms with Gasteiger partial charge in [-0.25, -0.2) is 0 Å². The van der Waals surface area contributed by atoms with Crippen LogP contribution < -0.4 is 4.90 Å². The smallest absolute Gasteiger partial charge is 0.143 e. The molecule has 2 heteroatoms. The van der Waals surface area contributed by atoms with Gasteiger partial charge in [0.15, 0.2) is 0 Å². The van der Waals surface area contributed by atoms with Crippen molar-refractivity contribution in [2.75, 3.05) is 4.90 Å². The Kier molecular flexibility index (Phi) is 7.55. The molecule has 9 aromatic carbocycles. The molecule has 270 valence electrons. The van der Waals surface area contributed by atoms with E-state index in [9.17, 15) is 0 Å². The predicted molar refractivity (Wildman–Crippen MR) is 240 cm³/mol. The Bertz CT molecular complexity index is 3130. The van der Waals surface area contributed by atoms with E-state index >= 15 is 0 Å². The lowest BCUT2D eigenvalue weighted by molar-refractivity contribution is 0.660. The van der Waals surface area contributed by atoms with Gasteiger partial charge in [-0.2, -0.15) is 0 Å². The van der Waals surface area contributed by atoms with Crippen molar-refractivity contribution in [2.45, 2.75) is 19.3 Å². The third-order valence-electron chi connectivity index (χ3n) is 12.1. The largest absolute Gasteiger partial charge is 0.455 e. The fourth-order valence-corrected chi connectivity index (χ4v) is 9.15. The summed E-state index contributed by atoms with van der Waals surface area (Å²) in [7, 11) is 0. The van der Waals surface area contributed by atoms with E-state index in [2.05, 4.69) is 207 Å². The van der Waals surface area contributed by atoms with E-state index < -0.39 is 0 Å². The molecule has 1 aliphatic rings. The summed E-state index contributed by atoms with van der Waals surface area (Å²) in [5.74, 6) is 0. The summed E-state index contributed by atoms with van der Waals surface area (Å²) in [6.45, 7) is 4.74. The Hall–Kier alpha value is -7.16. The number of hydrogen-bond acceptors (Lipinski definition) is 2. The standard InChI is InChI=1S/C55H39NO/c1-55(2)51-34-40(36-12-4-3-5-13-36)26-32-47(51)48-33-31-43(35-52(48)55)56(41-27-22-38(23-28-41)45-18-10-15-37-14-6-7-16-44(37)45)42-29-24-39(25-30-42)46-19-11-20-50-49-17-8-9-21-53(49)57-54(46)50/h3-35H,1-2H3. The first-order chi connectivity index (χ1) is 28.0. The molecule has 11 rings (SSSR count). The second-order valence-corrected chi connectivity index (χ2v) is 15.7. The molecule has 1 aromatic heterocycles. The average Bonchev–Trinajstić information content (AvgIpc) is 3.76. The van der Waals surface area contributed by atoms with Gasteiger partial charge in [0.1, 0.15) is 11.2 Å². The molecule has 0 aliphatic heterocycles. The number of hydrogen-bond donors (Lipinski definition) is 0. The fourth-order valence-electron chi connectivity index (χ4n) is 9.15. The fraction of sp³-hybridized carbons (Fsp3) is 0.0545. The monoisotopic (exact) mass is 729 g/mol. The van der Waals surface area contributed by atoms with Gasteiger partial charge in [0.2, 0.25) is 0 Å². The summed E-state index contributed by atoms with van der Waals surface area (Å²) < 4.78 is 6.44. The number of rotatable bonds is 6. The van der Waals surface area contributed by atoms with Crippen molar-refractivity contribution in [3.63, 3.8) is 0 Å². The van der Waals surface area contributed by atoms with Gasteiger partial charge in [0.05, 0.1) is 0 Å². The maximum atomic E-state index is 6.44. The average molecular weight is 730 g/mol. The highest BCUT2D eigenvalue weighted by molar-refractivity contribution is 6.09. The molecule has 0 atom stereocenters. The van der Waals surface area contributed by atoms with Crippen LogP contribution in [0.4, 0.5) is 17.1 Å². The quantitative estimate of drug-likeness (QED) is 0.169. The Balaban J connectivity index is 1.02. The molecule has 0 saturated carbocycles. The lowest BCUT2D eigenvalue weighted by atomic mass is 9.81.